The van der Waals surface area contributed by atoms with Gasteiger partial charge in [0.15, 0.2) is 17.5 Å². The molecule has 0 bridgehead atoms. The van der Waals surface area contributed by atoms with Crippen LogP contribution in [0, 0.1) is 0 Å². The van der Waals surface area contributed by atoms with E-state index in [1.165, 1.54) is 13.2 Å². The minimum Gasteiger partial charge on any atom is -0.493 e. The molecule has 170 valence electrons. The van der Waals surface area contributed by atoms with Crippen molar-refractivity contribution < 1.29 is 23.0 Å². The maximum Gasteiger partial charge on any atom is 0.387 e. The summed E-state index contributed by atoms with van der Waals surface area (Å²) in [7, 11) is 3.09. The zero-order valence-corrected chi connectivity index (χ0v) is 20.3. The van der Waals surface area contributed by atoms with Gasteiger partial charge in [-0.2, -0.15) is 8.78 Å². The molecule has 3 rings (SSSR count). The molecular weight excluding hydrogens is 519 g/mol. The Morgan fingerprint density at radius 1 is 1.23 bits per heavy atom. The van der Waals surface area contributed by atoms with Crippen molar-refractivity contribution in [1.29, 1.82) is 0 Å². The Labute approximate surface area is 198 Å². The van der Waals surface area contributed by atoms with Gasteiger partial charge in [-0.15, -0.1) is 24.0 Å². The number of para-hydroxylation sites is 1. The average Bonchev–Trinajstić information content (AvgIpc) is 2.69. The molecule has 0 saturated heterocycles. The number of benzene rings is 2. The highest BCUT2D eigenvalue weighted by molar-refractivity contribution is 14.0. The van der Waals surface area contributed by atoms with E-state index in [2.05, 4.69) is 34.2 Å². The largest absolute Gasteiger partial charge is 0.493 e. The van der Waals surface area contributed by atoms with Gasteiger partial charge in [0.25, 0.3) is 0 Å². The number of ether oxygens (including phenoxy) is 3. The van der Waals surface area contributed by atoms with E-state index in [1.807, 2.05) is 24.3 Å². The van der Waals surface area contributed by atoms with Gasteiger partial charge in [0.1, 0.15) is 11.4 Å². The van der Waals surface area contributed by atoms with Crippen LogP contribution in [0.3, 0.4) is 0 Å². The normalized spacial score (nSPS) is 17.1. The molecule has 0 aliphatic carbocycles. The molecule has 0 radical (unpaired) electrons. The Kier molecular flexibility index (Phi) is 8.72. The lowest BCUT2D eigenvalue weighted by Crippen LogP contribution is -2.45. The van der Waals surface area contributed by atoms with Crippen molar-refractivity contribution in [3.63, 3.8) is 0 Å². The first kappa shape index (κ1) is 25.0. The molecule has 0 saturated carbocycles. The highest BCUT2D eigenvalue weighted by atomic mass is 127. The van der Waals surface area contributed by atoms with E-state index in [-0.39, 0.29) is 47.1 Å². The molecule has 1 atom stereocenters. The van der Waals surface area contributed by atoms with Gasteiger partial charge < -0.3 is 24.8 Å². The van der Waals surface area contributed by atoms with Gasteiger partial charge >= 0.3 is 6.61 Å². The molecule has 2 N–H and O–H groups in total. The summed E-state index contributed by atoms with van der Waals surface area (Å²) < 4.78 is 41.0. The number of nitrogens with one attached hydrogen (secondary N) is 2. The molecule has 1 unspecified atom stereocenters. The van der Waals surface area contributed by atoms with Crippen molar-refractivity contribution >= 4 is 29.9 Å². The van der Waals surface area contributed by atoms with E-state index in [0.717, 1.165) is 23.3 Å². The Morgan fingerprint density at radius 2 is 1.97 bits per heavy atom. The van der Waals surface area contributed by atoms with Crippen LogP contribution in [0.25, 0.3) is 0 Å². The third kappa shape index (κ3) is 6.59. The summed E-state index contributed by atoms with van der Waals surface area (Å²) in [6, 6.07) is 12.9. The monoisotopic (exact) mass is 547 g/mol. The fourth-order valence-electron chi connectivity index (χ4n) is 3.50. The number of hydrogen-bond donors (Lipinski definition) is 2. The number of alkyl halides is 2. The first-order chi connectivity index (χ1) is 14.3. The molecule has 0 amide bonds. The molecule has 1 aliphatic heterocycles. The standard InChI is InChI=1S/C22H27F2N3O3.HI/c1-22(2)12-16(15-7-5-6-8-17(15)30-22)27-21(25-3)26-13-14-9-10-18(28-4)19(11-14)29-20(23)24;/h5-11,16,20H,12-13H2,1-4H3,(H2,25,26,27);1H. The fourth-order valence-corrected chi connectivity index (χ4v) is 3.50. The van der Waals surface area contributed by atoms with E-state index in [4.69, 9.17) is 9.47 Å². The minimum atomic E-state index is -2.92. The number of aliphatic imine (C=N–C) groups is 1. The maximum atomic E-state index is 12.6. The van der Waals surface area contributed by atoms with E-state index < -0.39 is 6.61 Å². The number of nitrogens with zero attached hydrogens (tertiary/aromatic N) is 1. The van der Waals surface area contributed by atoms with Crippen LogP contribution in [-0.4, -0.2) is 32.3 Å². The summed E-state index contributed by atoms with van der Waals surface area (Å²) >= 11 is 0. The van der Waals surface area contributed by atoms with Crippen LogP contribution in [0.2, 0.25) is 0 Å². The summed E-state index contributed by atoms with van der Waals surface area (Å²) in [4.78, 5) is 4.30. The van der Waals surface area contributed by atoms with Crippen molar-refractivity contribution in [1.82, 2.24) is 10.6 Å². The third-order valence-corrected chi connectivity index (χ3v) is 4.81. The van der Waals surface area contributed by atoms with E-state index >= 15 is 0 Å². The zero-order chi connectivity index (χ0) is 21.7. The topological polar surface area (TPSA) is 64.1 Å². The molecular formula is C22H28F2IN3O3. The lowest BCUT2D eigenvalue weighted by molar-refractivity contribution is -0.0512. The molecule has 1 heterocycles. The molecule has 9 heteroatoms. The molecule has 31 heavy (non-hydrogen) atoms. The third-order valence-electron chi connectivity index (χ3n) is 4.81. The first-order valence-electron chi connectivity index (χ1n) is 9.68. The molecule has 1 aliphatic rings. The van der Waals surface area contributed by atoms with Crippen molar-refractivity contribution in [2.45, 2.75) is 45.1 Å². The highest BCUT2D eigenvalue weighted by Crippen LogP contribution is 2.39. The predicted molar refractivity (Wildman–Crippen MR) is 127 cm³/mol. The van der Waals surface area contributed by atoms with E-state index in [0.29, 0.717) is 12.5 Å². The average molecular weight is 547 g/mol. The Balaban J connectivity index is 0.00000341. The molecule has 0 fully saturated rings. The molecule has 0 aromatic heterocycles. The van der Waals surface area contributed by atoms with Gasteiger partial charge in [0.05, 0.1) is 13.2 Å². The molecule has 2 aromatic carbocycles. The first-order valence-corrected chi connectivity index (χ1v) is 9.68. The van der Waals surface area contributed by atoms with Crippen LogP contribution < -0.4 is 24.8 Å². The van der Waals surface area contributed by atoms with E-state index in [1.54, 1.807) is 19.2 Å². The lowest BCUT2D eigenvalue weighted by Gasteiger charge is -2.38. The van der Waals surface area contributed by atoms with Crippen LogP contribution in [0.1, 0.15) is 37.4 Å². The van der Waals surface area contributed by atoms with Crippen molar-refractivity contribution in [3.05, 3.63) is 53.6 Å². The number of guanidine groups is 1. The van der Waals surface area contributed by atoms with E-state index in [9.17, 15) is 8.78 Å². The smallest absolute Gasteiger partial charge is 0.387 e. The Bertz CT molecular complexity index is 909. The maximum absolute atomic E-state index is 12.6. The minimum absolute atomic E-state index is 0. The summed E-state index contributed by atoms with van der Waals surface area (Å²) in [6.45, 7) is 1.55. The number of hydrogen-bond acceptors (Lipinski definition) is 4. The van der Waals surface area contributed by atoms with Gasteiger partial charge in [-0.1, -0.05) is 24.3 Å². The number of methoxy groups -OCH3 is 1. The zero-order valence-electron chi connectivity index (χ0n) is 17.9. The second-order valence-corrected chi connectivity index (χ2v) is 7.59. The van der Waals surface area contributed by atoms with Crippen LogP contribution in [0.4, 0.5) is 8.78 Å². The van der Waals surface area contributed by atoms with Crippen LogP contribution >= 0.6 is 24.0 Å². The Morgan fingerprint density at radius 3 is 2.65 bits per heavy atom. The molecule has 2 aromatic rings. The fraction of sp³-hybridized carbons (Fsp3) is 0.409. The van der Waals surface area contributed by atoms with Crippen LogP contribution in [-0.2, 0) is 6.54 Å². The second-order valence-electron chi connectivity index (χ2n) is 7.59. The summed E-state index contributed by atoms with van der Waals surface area (Å²) in [6.07, 6.45) is 0.764. The lowest BCUT2D eigenvalue weighted by atomic mass is 9.90. The van der Waals surface area contributed by atoms with Crippen molar-refractivity contribution in [2.24, 2.45) is 4.99 Å². The molecule has 0 spiro atoms. The second kappa shape index (κ2) is 10.8. The van der Waals surface area contributed by atoms with Gasteiger partial charge in [0.2, 0.25) is 0 Å². The van der Waals surface area contributed by atoms with Gasteiger partial charge in [-0.25, -0.2) is 0 Å². The van der Waals surface area contributed by atoms with Gasteiger partial charge in [-0.3, -0.25) is 4.99 Å². The van der Waals surface area contributed by atoms with Crippen LogP contribution in [0.5, 0.6) is 17.2 Å². The van der Waals surface area contributed by atoms with Crippen LogP contribution in [0.15, 0.2) is 47.5 Å². The SMILES string of the molecule is CN=C(NCc1ccc(OC)c(OC(F)F)c1)NC1CC(C)(C)Oc2ccccc21.I. The van der Waals surface area contributed by atoms with Crippen molar-refractivity contribution in [2.75, 3.05) is 14.2 Å². The van der Waals surface area contributed by atoms with Gasteiger partial charge in [-0.05, 0) is 37.6 Å². The highest BCUT2D eigenvalue weighted by Gasteiger charge is 2.33. The predicted octanol–water partition coefficient (Wildman–Crippen LogP) is 4.88. The summed E-state index contributed by atoms with van der Waals surface area (Å²) in [5.41, 5.74) is 1.50. The quantitative estimate of drug-likeness (QED) is 0.307. The molecule has 6 nitrogen and oxygen atoms in total. The summed E-state index contributed by atoms with van der Waals surface area (Å²) in [5, 5.41) is 6.66. The van der Waals surface area contributed by atoms with Crippen molar-refractivity contribution in [3.8, 4) is 17.2 Å². The number of rotatable bonds is 6. The number of fused-ring (bicyclic) bond motifs is 1. The van der Waals surface area contributed by atoms with Gasteiger partial charge in [0, 0.05) is 25.6 Å². The number of halogens is 3. The summed E-state index contributed by atoms with van der Waals surface area (Å²) in [5.74, 6) is 1.70. The Hall–Kier alpha value is -2.30.